The topological polar surface area (TPSA) is 102 Å². The summed E-state index contributed by atoms with van der Waals surface area (Å²) in [6.07, 6.45) is 6.50. The zero-order chi connectivity index (χ0) is 25.3. The van der Waals surface area contributed by atoms with Gasteiger partial charge in [0.25, 0.3) is 0 Å². The van der Waals surface area contributed by atoms with Crippen LogP contribution in [-0.4, -0.2) is 36.4 Å². The van der Waals surface area contributed by atoms with Gasteiger partial charge >= 0.3 is 0 Å². The molecule has 1 aromatic carbocycles. The average molecular weight is 524 g/mol. The molecule has 9 nitrogen and oxygen atoms in total. The highest BCUT2D eigenvalue weighted by molar-refractivity contribution is 7.92. The minimum absolute atomic E-state index is 0.252. The quantitative estimate of drug-likeness (QED) is 0.333. The van der Waals surface area contributed by atoms with Crippen molar-refractivity contribution in [1.82, 2.24) is 14.9 Å². The van der Waals surface area contributed by atoms with Gasteiger partial charge < -0.3 is 23.9 Å². The molecule has 1 fully saturated rings. The predicted molar refractivity (Wildman–Crippen MR) is 142 cm³/mol. The monoisotopic (exact) mass is 523 g/mol. The second-order valence-corrected chi connectivity index (χ2v) is 10.5. The van der Waals surface area contributed by atoms with Crippen LogP contribution in [0.15, 0.2) is 83.7 Å². The van der Waals surface area contributed by atoms with Crippen molar-refractivity contribution in [2.45, 2.75) is 18.6 Å². The maximum Gasteiger partial charge on any atom is 0.229 e. The van der Waals surface area contributed by atoms with Crippen molar-refractivity contribution in [1.29, 1.82) is 0 Å². The number of sulfonamides is 1. The molecule has 11 heteroatoms. The lowest BCUT2D eigenvalue weighted by Crippen LogP contribution is -2.30. The molecular weight excluding hydrogens is 498 g/mol. The van der Waals surface area contributed by atoms with Crippen molar-refractivity contribution in [3.8, 4) is 5.75 Å². The fraction of sp³-hybridized carbons (Fsp3) is 0.200. The summed E-state index contributed by atoms with van der Waals surface area (Å²) in [5, 5.41) is 3.92. The van der Waals surface area contributed by atoms with Gasteiger partial charge in [-0.05, 0) is 66.8 Å². The maximum atomic E-state index is 12.0. The summed E-state index contributed by atoms with van der Waals surface area (Å²) in [5.41, 5.74) is 2.85. The van der Waals surface area contributed by atoms with E-state index in [0.29, 0.717) is 28.8 Å². The Morgan fingerprint density at radius 2 is 2.03 bits per heavy atom. The molecule has 0 aliphatic carbocycles. The Balaban J connectivity index is 1.62. The van der Waals surface area contributed by atoms with E-state index in [4.69, 9.17) is 21.4 Å². The number of nitrogens with one attached hydrogen (secondary N) is 2. The number of thiocarbonyl (C=S) groups is 1. The first-order valence-electron chi connectivity index (χ1n) is 11.2. The number of methoxy groups -OCH3 is 1. The Bertz CT molecular complexity index is 1470. The maximum absolute atomic E-state index is 12.0. The summed E-state index contributed by atoms with van der Waals surface area (Å²) in [7, 11) is -2.04. The Labute approximate surface area is 214 Å². The van der Waals surface area contributed by atoms with E-state index in [1.807, 2.05) is 59.6 Å². The second kappa shape index (κ2) is 9.67. The van der Waals surface area contributed by atoms with Crippen molar-refractivity contribution < 1.29 is 17.6 Å². The number of ether oxygens (including phenoxy) is 1. The zero-order valence-corrected chi connectivity index (χ0v) is 21.3. The van der Waals surface area contributed by atoms with Gasteiger partial charge in [-0.15, -0.1) is 0 Å². The minimum atomic E-state index is -3.53. The smallest absolute Gasteiger partial charge is 0.229 e. The zero-order valence-electron chi connectivity index (χ0n) is 19.7. The van der Waals surface area contributed by atoms with E-state index in [1.54, 1.807) is 24.6 Å². The number of benzene rings is 1. The van der Waals surface area contributed by atoms with Gasteiger partial charge in [-0.1, -0.05) is 6.07 Å². The van der Waals surface area contributed by atoms with E-state index in [0.717, 1.165) is 23.4 Å². The number of pyridine rings is 1. The number of aromatic nitrogens is 2. The lowest BCUT2D eigenvalue weighted by Gasteiger charge is -2.29. The molecule has 1 saturated heterocycles. The lowest BCUT2D eigenvalue weighted by molar-refractivity contribution is 0.417. The fourth-order valence-electron chi connectivity index (χ4n) is 4.47. The Morgan fingerprint density at radius 3 is 2.72 bits per heavy atom. The highest BCUT2D eigenvalue weighted by Gasteiger charge is 2.42. The van der Waals surface area contributed by atoms with Crippen LogP contribution < -0.4 is 19.7 Å². The molecule has 1 aliphatic rings. The van der Waals surface area contributed by atoms with Gasteiger partial charge in [-0.2, -0.15) is 0 Å². The van der Waals surface area contributed by atoms with E-state index in [2.05, 4.69) is 19.6 Å². The van der Waals surface area contributed by atoms with Crippen LogP contribution in [0.25, 0.3) is 0 Å². The third-order valence-electron chi connectivity index (χ3n) is 5.93. The first-order chi connectivity index (χ1) is 17.3. The summed E-state index contributed by atoms with van der Waals surface area (Å²) >= 11 is 5.81. The van der Waals surface area contributed by atoms with E-state index in [-0.39, 0.29) is 12.1 Å². The lowest BCUT2D eigenvalue weighted by atomic mass is 10.0. The first-order valence-corrected chi connectivity index (χ1v) is 13.5. The van der Waals surface area contributed by atoms with Gasteiger partial charge in [0.05, 0.1) is 43.6 Å². The first kappa shape index (κ1) is 23.9. The molecule has 3 aromatic heterocycles. The molecule has 0 amide bonds. The van der Waals surface area contributed by atoms with Gasteiger partial charge in [-0.25, -0.2) is 8.42 Å². The molecule has 0 spiro atoms. The molecule has 0 unspecified atom stereocenters. The number of rotatable bonds is 8. The highest BCUT2D eigenvalue weighted by atomic mass is 32.2. The van der Waals surface area contributed by atoms with Crippen molar-refractivity contribution in [3.63, 3.8) is 0 Å². The van der Waals surface area contributed by atoms with Crippen LogP contribution in [0, 0.1) is 0 Å². The number of hydrogen-bond acceptors (Lipinski definition) is 6. The highest BCUT2D eigenvalue weighted by Crippen LogP contribution is 2.43. The Kier molecular flexibility index (Phi) is 6.42. The molecule has 2 N–H and O–H groups in total. The molecule has 186 valence electrons. The summed E-state index contributed by atoms with van der Waals surface area (Å²) < 4.78 is 39.6. The van der Waals surface area contributed by atoms with Gasteiger partial charge in [0.2, 0.25) is 10.0 Å². The van der Waals surface area contributed by atoms with Crippen LogP contribution in [0.5, 0.6) is 5.75 Å². The standard InChI is InChI=1S/C25H25N5O4S2/c1-33-22-11-10-17(15-20(22)28-36(2,31)32)30-24(23(27-25(30)35)19-8-3-4-12-26-19)21-9-5-13-29(21)16-18-7-6-14-34-18/h3-15,23-24,28H,16H2,1-2H3,(H,27,35)/t23-,24-/m1/s1. The molecule has 5 rings (SSSR count). The van der Waals surface area contributed by atoms with Crippen molar-refractivity contribution in [2.75, 3.05) is 23.0 Å². The molecule has 0 radical (unpaired) electrons. The normalized spacial score (nSPS) is 17.7. The minimum Gasteiger partial charge on any atom is -0.495 e. The van der Waals surface area contributed by atoms with Crippen molar-refractivity contribution in [2.24, 2.45) is 0 Å². The van der Waals surface area contributed by atoms with Crippen molar-refractivity contribution >= 4 is 38.7 Å². The van der Waals surface area contributed by atoms with E-state index in [1.165, 1.54) is 7.11 Å². The van der Waals surface area contributed by atoms with Gasteiger partial charge in [0, 0.05) is 23.8 Å². The van der Waals surface area contributed by atoms with E-state index < -0.39 is 10.0 Å². The van der Waals surface area contributed by atoms with Crippen molar-refractivity contribution in [3.05, 3.63) is 96.5 Å². The molecular formula is C25H25N5O4S2. The van der Waals surface area contributed by atoms with E-state index >= 15 is 0 Å². The average Bonchev–Trinajstić information content (AvgIpc) is 3.59. The summed E-state index contributed by atoms with van der Waals surface area (Å²) in [5.74, 6) is 1.23. The predicted octanol–water partition coefficient (Wildman–Crippen LogP) is 4.08. The van der Waals surface area contributed by atoms with Crippen LogP contribution in [0.3, 0.4) is 0 Å². The van der Waals surface area contributed by atoms with Crippen LogP contribution in [0.2, 0.25) is 0 Å². The number of hydrogen-bond donors (Lipinski definition) is 2. The van der Waals surface area contributed by atoms with Crippen LogP contribution in [0.1, 0.15) is 29.2 Å². The largest absolute Gasteiger partial charge is 0.495 e. The third kappa shape index (κ3) is 4.79. The molecule has 0 bridgehead atoms. The summed E-state index contributed by atoms with van der Waals surface area (Å²) in [4.78, 5) is 6.58. The number of furan rings is 1. The number of nitrogens with zero attached hydrogens (tertiary/aromatic N) is 3. The van der Waals surface area contributed by atoms with Crippen LogP contribution in [-0.2, 0) is 16.6 Å². The van der Waals surface area contributed by atoms with Crippen LogP contribution >= 0.6 is 12.2 Å². The van der Waals surface area contributed by atoms with Gasteiger partial charge in [0.15, 0.2) is 5.11 Å². The third-order valence-corrected chi connectivity index (χ3v) is 6.83. The Hall–Kier alpha value is -3.83. The summed E-state index contributed by atoms with van der Waals surface area (Å²) in [6, 6.07) is 18.4. The summed E-state index contributed by atoms with van der Waals surface area (Å²) in [6.45, 7) is 0.546. The number of anilines is 2. The molecule has 1 aliphatic heterocycles. The fourth-order valence-corrected chi connectivity index (χ4v) is 5.37. The second-order valence-electron chi connectivity index (χ2n) is 8.40. The molecule has 36 heavy (non-hydrogen) atoms. The van der Waals surface area contributed by atoms with Gasteiger partial charge in [-0.3, -0.25) is 9.71 Å². The van der Waals surface area contributed by atoms with Gasteiger partial charge in [0.1, 0.15) is 17.6 Å². The molecule has 2 atom stereocenters. The molecule has 4 heterocycles. The Morgan fingerprint density at radius 1 is 1.17 bits per heavy atom. The molecule has 0 saturated carbocycles. The SMILES string of the molecule is COc1ccc(N2C(=S)N[C@H](c3ccccn3)[C@H]2c2cccn2Cc2ccco2)cc1NS(C)(=O)=O. The molecule has 4 aromatic rings. The van der Waals surface area contributed by atoms with Crippen LogP contribution in [0.4, 0.5) is 11.4 Å². The van der Waals surface area contributed by atoms with E-state index in [9.17, 15) is 8.42 Å².